The van der Waals surface area contributed by atoms with Crippen LogP contribution in [-0.4, -0.2) is 26.9 Å². The Balaban J connectivity index is 1.95. The fourth-order valence-electron chi connectivity index (χ4n) is 1.93. The lowest BCUT2D eigenvalue weighted by atomic mass is 10.2. The van der Waals surface area contributed by atoms with Crippen molar-refractivity contribution in [2.24, 2.45) is 5.92 Å². The first kappa shape index (κ1) is 17.4. The van der Waals surface area contributed by atoms with Gasteiger partial charge in [0, 0.05) is 22.9 Å². The Morgan fingerprint density at radius 1 is 1.26 bits per heavy atom. The topological polar surface area (TPSA) is 72.2 Å². The van der Waals surface area contributed by atoms with Gasteiger partial charge in [0.2, 0.25) is 11.8 Å². The molecule has 0 fully saturated rings. The fourth-order valence-corrected chi connectivity index (χ4v) is 2.92. The normalized spacial score (nSPS) is 13.7. The molecule has 0 spiro atoms. The lowest BCUT2D eigenvalue weighted by Gasteiger charge is -2.12. The van der Waals surface area contributed by atoms with E-state index in [1.165, 1.54) is 6.26 Å². The summed E-state index contributed by atoms with van der Waals surface area (Å²) >= 11 is 0. The van der Waals surface area contributed by atoms with Crippen molar-refractivity contribution in [1.29, 1.82) is 0 Å². The standard InChI is InChI=1S/C17H22N2O3S/c1-12(2)9-18-16(20)13(3)23(21)11-15-10-22-17(19-15)14-7-5-4-6-8-14/h4-8,10,12-13H,9,11H2,1-3H3,(H,18,20)/t13-,23+/m1/s1. The van der Waals surface area contributed by atoms with E-state index in [9.17, 15) is 9.00 Å². The molecule has 2 rings (SSSR count). The van der Waals surface area contributed by atoms with Crippen LogP contribution >= 0.6 is 0 Å². The molecule has 1 aromatic heterocycles. The molecule has 0 saturated carbocycles. The number of amides is 1. The Labute approximate surface area is 139 Å². The van der Waals surface area contributed by atoms with E-state index in [1.54, 1.807) is 6.92 Å². The number of nitrogens with one attached hydrogen (secondary N) is 1. The molecule has 0 aliphatic rings. The summed E-state index contributed by atoms with van der Waals surface area (Å²) in [6, 6.07) is 9.51. The van der Waals surface area contributed by atoms with Crippen LogP contribution in [0.3, 0.4) is 0 Å². The predicted molar refractivity (Wildman–Crippen MR) is 91.1 cm³/mol. The van der Waals surface area contributed by atoms with Gasteiger partial charge in [-0.05, 0) is 25.0 Å². The summed E-state index contributed by atoms with van der Waals surface area (Å²) in [5, 5.41) is 2.23. The highest BCUT2D eigenvalue weighted by Crippen LogP contribution is 2.19. The Bertz CT molecular complexity index is 667. The average molecular weight is 334 g/mol. The predicted octanol–water partition coefficient (Wildman–Crippen LogP) is 2.75. The maximum atomic E-state index is 12.3. The highest BCUT2D eigenvalue weighted by atomic mass is 32.2. The maximum Gasteiger partial charge on any atom is 0.235 e. The highest BCUT2D eigenvalue weighted by molar-refractivity contribution is 7.85. The SMILES string of the molecule is CC(C)CNC(=O)[C@@H](C)[S@@](=O)Cc1coc(-c2ccccc2)n1. The van der Waals surface area contributed by atoms with Crippen molar-refractivity contribution < 1.29 is 13.4 Å². The Morgan fingerprint density at radius 2 is 1.96 bits per heavy atom. The summed E-state index contributed by atoms with van der Waals surface area (Å²) in [5.41, 5.74) is 1.46. The van der Waals surface area contributed by atoms with Gasteiger partial charge in [-0.2, -0.15) is 0 Å². The molecule has 0 radical (unpaired) electrons. The fraction of sp³-hybridized carbons (Fsp3) is 0.412. The van der Waals surface area contributed by atoms with Gasteiger partial charge in [-0.15, -0.1) is 0 Å². The zero-order valence-electron chi connectivity index (χ0n) is 13.6. The molecule has 0 unspecified atom stereocenters. The van der Waals surface area contributed by atoms with Gasteiger partial charge in [0.15, 0.2) is 0 Å². The first-order valence-electron chi connectivity index (χ1n) is 7.62. The van der Waals surface area contributed by atoms with E-state index in [0.29, 0.717) is 24.0 Å². The Morgan fingerprint density at radius 3 is 2.61 bits per heavy atom. The van der Waals surface area contributed by atoms with Crippen LogP contribution in [0.2, 0.25) is 0 Å². The number of hydrogen-bond donors (Lipinski definition) is 1. The third-order valence-corrected chi connectivity index (χ3v) is 4.89. The van der Waals surface area contributed by atoms with Crippen molar-refractivity contribution in [2.45, 2.75) is 31.8 Å². The zero-order valence-corrected chi connectivity index (χ0v) is 14.4. The van der Waals surface area contributed by atoms with Crippen LogP contribution in [0.15, 0.2) is 41.0 Å². The van der Waals surface area contributed by atoms with Crippen molar-refractivity contribution in [3.05, 3.63) is 42.3 Å². The largest absolute Gasteiger partial charge is 0.444 e. The highest BCUT2D eigenvalue weighted by Gasteiger charge is 2.21. The average Bonchev–Trinajstić information content (AvgIpc) is 3.01. The number of oxazole rings is 1. The first-order valence-corrected chi connectivity index (χ1v) is 9.00. The van der Waals surface area contributed by atoms with Gasteiger partial charge in [0.05, 0.1) is 11.4 Å². The number of carbonyl (C=O) groups excluding carboxylic acids is 1. The Hall–Kier alpha value is -1.95. The van der Waals surface area contributed by atoms with E-state index < -0.39 is 16.0 Å². The van der Waals surface area contributed by atoms with Gasteiger partial charge < -0.3 is 9.73 Å². The lowest BCUT2D eigenvalue weighted by Crippen LogP contribution is -2.37. The molecule has 2 atom stereocenters. The van der Waals surface area contributed by atoms with E-state index in [0.717, 1.165) is 5.56 Å². The van der Waals surface area contributed by atoms with E-state index in [-0.39, 0.29) is 11.7 Å². The second-order valence-corrected chi connectivity index (χ2v) is 7.57. The minimum atomic E-state index is -1.34. The lowest BCUT2D eigenvalue weighted by molar-refractivity contribution is -0.120. The number of hydrogen-bond acceptors (Lipinski definition) is 4. The molecule has 1 heterocycles. The summed E-state index contributed by atoms with van der Waals surface area (Å²) in [5.74, 6) is 0.869. The van der Waals surface area contributed by atoms with E-state index >= 15 is 0 Å². The Kier molecular flexibility index (Phi) is 6.10. The molecule has 2 aromatic rings. The zero-order chi connectivity index (χ0) is 16.8. The van der Waals surface area contributed by atoms with Gasteiger partial charge in [0.25, 0.3) is 0 Å². The van der Waals surface area contributed by atoms with Crippen molar-refractivity contribution in [3.8, 4) is 11.5 Å². The van der Waals surface area contributed by atoms with E-state index in [1.807, 2.05) is 44.2 Å². The van der Waals surface area contributed by atoms with Gasteiger partial charge >= 0.3 is 0 Å². The second-order valence-electron chi connectivity index (χ2n) is 5.82. The van der Waals surface area contributed by atoms with Crippen LogP contribution in [0.25, 0.3) is 11.5 Å². The summed E-state index contributed by atoms with van der Waals surface area (Å²) in [6.45, 7) is 6.29. The molecule has 1 aromatic carbocycles. The second kappa shape index (κ2) is 8.06. The maximum absolute atomic E-state index is 12.3. The van der Waals surface area contributed by atoms with Crippen LogP contribution in [-0.2, 0) is 21.3 Å². The molecule has 6 heteroatoms. The molecule has 1 amide bonds. The monoisotopic (exact) mass is 334 g/mol. The summed E-state index contributed by atoms with van der Waals surface area (Å²) in [7, 11) is -1.34. The van der Waals surface area contributed by atoms with Gasteiger partial charge in [-0.25, -0.2) is 4.98 Å². The van der Waals surface area contributed by atoms with Crippen LogP contribution in [0, 0.1) is 5.92 Å². The van der Waals surface area contributed by atoms with Crippen LogP contribution in [0.4, 0.5) is 0 Å². The van der Waals surface area contributed by atoms with Crippen LogP contribution < -0.4 is 5.32 Å². The number of benzene rings is 1. The summed E-state index contributed by atoms with van der Waals surface area (Å²) < 4.78 is 17.7. The van der Waals surface area contributed by atoms with E-state index in [4.69, 9.17) is 4.42 Å². The molecule has 23 heavy (non-hydrogen) atoms. The van der Waals surface area contributed by atoms with Crippen LogP contribution in [0.5, 0.6) is 0 Å². The quantitative estimate of drug-likeness (QED) is 0.845. The molecule has 0 aliphatic heterocycles. The van der Waals surface area contributed by atoms with Crippen LogP contribution in [0.1, 0.15) is 26.5 Å². The number of nitrogens with zero attached hydrogens (tertiary/aromatic N) is 1. The van der Waals surface area contributed by atoms with Gasteiger partial charge in [0.1, 0.15) is 11.5 Å². The molecular formula is C17H22N2O3S. The van der Waals surface area contributed by atoms with Gasteiger partial charge in [-0.1, -0.05) is 32.0 Å². The number of rotatable bonds is 7. The third-order valence-electron chi connectivity index (χ3n) is 3.31. The summed E-state index contributed by atoms with van der Waals surface area (Å²) in [6.07, 6.45) is 1.50. The van der Waals surface area contributed by atoms with Crippen molar-refractivity contribution in [2.75, 3.05) is 6.54 Å². The van der Waals surface area contributed by atoms with Crippen molar-refractivity contribution in [1.82, 2.24) is 10.3 Å². The molecule has 0 aliphatic carbocycles. The van der Waals surface area contributed by atoms with E-state index in [2.05, 4.69) is 10.3 Å². The molecule has 0 bridgehead atoms. The molecule has 5 nitrogen and oxygen atoms in total. The number of aromatic nitrogens is 1. The third kappa shape index (κ3) is 5.03. The molecule has 0 saturated heterocycles. The summed E-state index contributed by atoms with van der Waals surface area (Å²) in [4.78, 5) is 16.3. The van der Waals surface area contributed by atoms with Crippen molar-refractivity contribution >= 4 is 16.7 Å². The minimum absolute atomic E-state index is 0.191. The first-order chi connectivity index (χ1) is 11.0. The molecular weight excluding hydrogens is 312 g/mol. The minimum Gasteiger partial charge on any atom is -0.444 e. The smallest absolute Gasteiger partial charge is 0.235 e. The molecule has 1 N–H and O–H groups in total. The van der Waals surface area contributed by atoms with Crippen molar-refractivity contribution in [3.63, 3.8) is 0 Å². The number of carbonyl (C=O) groups is 1. The van der Waals surface area contributed by atoms with Gasteiger partial charge in [-0.3, -0.25) is 9.00 Å². The molecule has 124 valence electrons.